The number of alkyl halides is 3. The molecular weight excluding hydrogens is 319 g/mol. The Balaban J connectivity index is 2.26. The van der Waals surface area contributed by atoms with E-state index in [9.17, 15) is 18.0 Å². The molecule has 0 atom stereocenters. The van der Waals surface area contributed by atoms with E-state index in [-0.39, 0.29) is 25.1 Å². The topological polar surface area (TPSA) is 57.0 Å². The molecule has 0 spiro atoms. The molecule has 1 heterocycles. The third kappa shape index (κ3) is 4.56. The largest absolute Gasteiger partial charge is 0.416 e. The van der Waals surface area contributed by atoms with Crippen molar-refractivity contribution in [3.63, 3.8) is 0 Å². The van der Waals surface area contributed by atoms with Gasteiger partial charge in [0.1, 0.15) is 0 Å². The van der Waals surface area contributed by atoms with Crippen molar-refractivity contribution in [3.05, 3.63) is 65.5 Å². The van der Waals surface area contributed by atoms with Crippen LogP contribution in [0, 0.1) is 11.3 Å². The molecule has 0 saturated heterocycles. The van der Waals surface area contributed by atoms with E-state index in [1.165, 1.54) is 17.0 Å². The molecule has 0 aliphatic carbocycles. The number of pyridine rings is 1. The van der Waals surface area contributed by atoms with Gasteiger partial charge in [-0.3, -0.25) is 9.78 Å². The van der Waals surface area contributed by atoms with Gasteiger partial charge in [0, 0.05) is 31.0 Å². The number of nitriles is 1. The fourth-order valence-electron chi connectivity index (χ4n) is 2.16. The van der Waals surface area contributed by atoms with E-state index < -0.39 is 17.6 Å². The van der Waals surface area contributed by atoms with Gasteiger partial charge < -0.3 is 4.90 Å². The highest BCUT2D eigenvalue weighted by atomic mass is 19.4. The molecular formula is C17H14F3N3O. The third-order valence-corrected chi connectivity index (χ3v) is 3.31. The van der Waals surface area contributed by atoms with Gasteiger partial charge in [-0.25, -0.2) is 0 Å². The smallest absolute Gasteiger partial charge is 0.333 e. The summed E-state index contributed by atoms with van der Waals surface area (Å²) >= 11 is 0. The summed E-state index contributed by atoms with van der Waals surface area (Å²) in [7, 11) is 0. The van der Waals surface area contributed by atoms with E-state index in [0.717, 1.165) is 17.7 Å². The second-order valence-electron chi connectivity index (χ2n) is 5.07. The number of benzene rings is 1. The van der Waals surface area contributed by atoms with Crippen LogP contribution in [0.2, 0.25) is 0 Å². The minimum absolute atomic E-state index is 0.0633. The lowest BCUT2D eigenvalue weighted by Gasteiger charge is -2.22. The van der Waals surface area contributed by atoms with Gasteiger partial charge in [0.2, 0.25) is 0 Å². The Kier molecular flexibility index (Phi) is 5.53. The molecule has 0 aliphatic rings. The Morgan fingerprint density at radius 2 is 2.04 bits per heavy atom. The fraction of sp³-hybridized carbons (Fsp3) is 0.235. The molecule has 124 valence electrons. The molecule has 2 rings (SSSR count). The number of hydrogen-bond acceptors (Lipinski definition) is 3. The molecule has 0 aliphatic heterocycles. The quantitative estimate of drug-likeness (QED) is 0.839. The van der Waals surface area contributed by atoms with Crippen LogP contribution >= 0.6 is 0 Å². The van der Waals surface area contributed by atoms with Crippen LogP contribution < -0.4 is 0 Å². The minimum atomic E-state index is -4.52. The third-order valence-electron chi connectivity index (χ3n) is 3.31. The number of rotatable bonds is 5. The van der Waals surface area contributed by atoms with Gasteiger partial charge in [0.15, 0.2) is 0 Å². The lowest BCUT2D eigenvalue weighted by molar-refractivity contribution is -0.137. The summed E-state index contributed by atoms with van der Waals surface area (Å²) in [5, 5.41) is 8.74. The zero-order valence-corrected chi connectivity index (χ0v) is 12.6. The maximum atomic E-state index is 12.8. The van der Waals surface area contributed by atoms with Gasteiger partial charge in [0.05, 0.1) is 18.1 Å². The summed E-state index contributed by atoms with van der Waals surface area (Å²) < 4.78 is 38.4. The van der Waals surface area contributed by atoms with Crippen LogP contribution in [0.1, 0.15) is 27.9 Å². The summed E-state index contributed by atoms with van der Waals surface area (Å²) in [6.45, 7) is 0.297. The van der Waals surface area contributed by atoms with Crippen LogP contribution in [-0.4, -0.2) is 22.3 Å². The van der Waals surface area contributed by atoms with Crippen molar-refractivity contribution in [3.8, 4) is 6.07 Å². The van der Waals surface area contributed by atoms with Crippen LogP contribution in [0.3, 0.4) is 0 Å². The summed E-state index contributed by atoms with van der Waals surface area (Å²) in [5.74, 6) is -0.555. The highest BCUT2D eigenvalue weighted by molar-refractivity contribution is 5.94. The van der Waals surface area contributed by atoms with Gasteiger partial charge in [0.25, 0.3) is 5.91 Å². The minimum Gasteiger partial charge on any atom is -0.333 e. The molecule has 1 aromatic heterocycles. The van der Waals surface area contributed by atoms with Crippen molar-refractivity contribution in [1.82, 2.24) is 9.88 Å². The molecule has 0 unspecified atom stereocenters. The van der Waals surface area contributed by atoms with Crippen molar-refractivity contribution in [2.75, 3.05) is 6.54 Å². The van der Waals surface area contributed by atoms with Gasteiger partial charge in [-0.05, 0) is 29.8 Å². The molecule has 24 heavy (non-hydrogen) atoms. The molecule has 7 heteroatoms. The molecule has 0 radical (unpaired) electrons. The molecule has 2 aromatic rings. The van der Waals surface area contributed by atoms with Gasteiger partial charge in [-0.15, -0.1) is 0 Å². The second-order valence-corrected chi connectivity index (χ2v) is 5.07. The lowest BCUT2D eigenvalue weighted by Crippen LogP contribution is -2.31. The Morgan fingerprint density at radius 1 is 1.25 bits per heavy atom. The number of hydrogen-bond donors (Lipinski definition) is 0. The first-order valence-corrected chi connectivity index (χ1v) is 7.14. The van der Waals surface area contributed by atoms with Gasteiger partial charge in [-0.2, -0.15) is 18.4 Å². The Morgan fingerprint density at radius 3 is 2.67 bits per heavy atom. The molecule has 1 amide bonds. The maximum Gasteiger partial charge on any atom is 0.416 e. The van der Waals surface area contributed by atoms with Gasteiger partial charge in [-0.1, -0.05) is 12.1 Å². The number of amides is 1. The average Bonchev–Trinajstić information content (AvgIpc) is 2.58. The number of nitrogens with zero attached hydrogens (tertiary/aromatic N) is 3. The Hall–Kier alpha value is -2.88. The first-order valence-electron chi connectivity index (χ1n) is 7.14. The molecule has 0 N–H and O–H groups in total. The van der Waals surface area contributed by atoms with E-state index in [0.29, 0.717) is 0 Å². The molecule has 1 aromatic carbocycles. The zero-order valence-electron chi connectivity index (χ0n) is 12.6. The normalized spacial score (nSPS) is 10.9. The fourth-order valence-corrected chi connectivity index (χ4v) is 2.16. The summed E-state index contributed by atoms with van der Waals surface area (Å²) in [4.78, 5) is 17.9. The number of carbonyl (C=O) groups is 1. The Bertz CT molecular complexity index is 739. The zero-order chi connectivity index (χ0) is 17.6. The second kappa shape index (κ2) is 7.59. The SMILES string of the molecule is N#CCCN(Cc1cccnc1)C(=O)c1cccc(C(F)(F)F)c1. The first-order chi connectivity index (χ1) is 11.4. The molecule has 0 fully saturated rings. The van der Waals surface area contributed by atoms with E-state index in [1.807, 2.05) is 6.07 Å². The predicted molar refractivity (Wildman–Crippen MR) is 80.7 cm³/mol. The van der Waals surface area contributed by atoms with Crippen LogP contribution in [-0.2, 0) is 12.7 Å². The number of aromatic nitrogens is 1. The molecule has 0 bridgehead atoms. The number of halogens is 3. The summed E-state index contributed by atoms with van der Waals surface area (Å²) in [5.41, 5.74) is -0.211. The van der Waals surface area contributed by atoms with E-state index in [2.05, 4.69) is 4.98 Å². The van der Waals surface area contributed by atoms with E-state index in [1.54, 1.807) is 24.5 Å². The average molecular weight is 333 g/mol. The van der Waals surface area contributed by atoms with Crippen molar-refractivity contribution < 1.29 is 18.0 Å². The van der Waals surface area contributed by atoms with Crippen molar-refractivity contribution in [2.24, 2.45) is 0 Å². The van der Waals surface area contributed by atoms with Crippen molar-refractivity contribution in [2.45, 2.75) is 19.1 Å². The maximum absolute atomic E-state index is 12.8. The summed E-state index contributed by atoms with van der Waals surface area (Å²) in [6, 6.07) is 9.66. The van der Waals surface area contributed by atoms with E-state index >= 15 is 0 Å². The van der Waals surface area contributed by atoms with Crippen LogP contribution in [0.4, 0.5) is 13.2 Å². The summed E-state index contributed by atoms with van der Waals surface area (Å²) in [6.07, 6.45) is -1.28. The Labute approximate surface area is 137 Å². The van der Waals surface area contributed by atoms with Crippen LogP contribution in [0.25, 0.3) is 0 Å². The first kappa shape index (κ1) is 17.5. The van der Waals surface area contributed by atoms with Crippen molar-refractivity contribution in [1.29, 1.82) is 5.26 Å². The molecule has 0 saturated carbocycles. The van der Waals surface area contributed by atoms with Crippen molar-refractivity contribution >= 4 is 5.91 Å². The molecule has 4 nitrogen and oxygen atoms in total. The monoisotopic (exact) mass is 333 g/mol. The van der Waals surface area contributed by atoms with Gasteiger partial charge >= 0.3 is 6.18 Å². The standard InChI is InChI=1S/C17H14F3N3O/c18-17(19,20)15-6-1-5-14(10-15)16(24)23(9-3-7-21)12-13-4-2-8-22-11-13/h1-2,4-6,8,10-11H,3,9,12H2. The van der Waals surface area contributed by atoms with Crippen LogP contribution in [0.15, 0.2) is 48.8 Å². The lowest BCUT2D eigenvalue weighted by atomic mass is 10.1. The number of carbonyl (C=O) groups excluding carboxylic acids is 1. The van der Waals surface area contributed by atoms with E-state index in [4.69, 9.17) is 5.26 Å². The van der Waals surface area contributed by atoms with Crippen LogP contribution in [0.5, 0.6) is 0 Å². The highest BCUT2D eigenvalue weighted by Crippen LogP contribution is 2.29. The highest BCUT2D eigenvalue weighted by Gasteiger charge is 2.31. The predicted octanol–water partition coefficient (Wildman–Crippen LogP) is 3.66.